The first kappa shape index (κ1) is 18.7. The van der Waals surface area contributed by atoms with Crippen LogP contribution in [0.2, 0.25) is 0 Å². The van der Waals surface area contributed by atoms with Crippen LogP contribution in [0, 0.1) is 0 Å². The normalized spacial score (nSPS) is 18.8. The maximum Gasteiger partial charge on any atom is 0.494 e. The number of ether oxygens (including phenoxy) is 1. The van der Waals surface area contributed by atoms with Gasteiger partial charge in [0.1, 0.15) is 11.3 Å². The standard InChI is InChI=1S/C18H19BF3NO3/c1-16(2)17(3,4)26-19(25-16)12-7-9-13(10-8-12)24-15-14(18(20,21)22)6-5-11-23-15/h5-11H,1-4H3. The van der Waals surface area contributed by atoms with E-state index in [1.165, 1.54) is 12.3 Å². The van der Waals surface area contributed by atoms with Gasteiger partial charge >= 0.3 is 13.3 Å². The van der Waals surface area contributed by atoms with Crippen LogP contribution in [0.4, 0.5) is 13.2 Å². The molecule has 3 rings (SSSR count). The van der Waals surface area contributed by atoms with Crippen LogP contribution in [0.3, 0.4) is 0 Å². The number of hydrogen-bond acceptors (Lipinski definition) is 4. The molecule has 26 heavy (non-hydrogen) atoms. The molecule has 1 aromatic carbocycles. The highest BCUT2D eigenvalue weighted by Gasteiger charge is 2.51. The number of halogens is 3. The molecule has 0 saturated carbocycles. The fraction of sp³-hybridized carbons (Fsp3) is 0.389. The van der Waals surface area contributed by atoms with Gasteiger partial charge in [-0.15, -0.1) is 0 Å². The van der Waals surface area contributed by atoms with E-state index in [-0.39, 0.29) is 5.75 Å². The van der Waals surface area contributed by atoms with Gasteiger partial charge in [-0.1, -0.05) is 12.1 Å². The lowest BCUT2D eigenvalue weighted by Gasteiger charge is -2.32. The molecule has 1 fully saturated rings. The second-order valence-corrected chi connectivity index (χ2v) is 7.11. The first-order chi connectivity index (χ1) is 12.0. The minimum atomic E-state index is -4.54. The molecule has 2 aromatic rings. The summed E-state index contributed by atoms with van der Waals surface area (Å²) in [5, 5.41) is 0. The van der Waals surface area contributed by atoms with Gasteiger partial charge in [0.25, 0.3) is 0 Å². The molecule has 0 spiro atoms. The summed E-state index contributed by atoms with van der Waals surface area (Å²) in [5.41, 5.74) is -1.10. The zero-order valence-electron chi connectivity index (χ0n) is 14.9. The Morgan fingerprint density at radius 2 is 1.54 bits per heavy atom. The van der Waals surface area contributed by atoms with E-state index >= 15 is 0 Å². The second kappa shape index (κ2) is 6.28. The molecule has 1 aliphatic heterocycles. The predicted octanol–water partition coefficient (Wildman–Crippen LogP) is 4.19. The lowest BCUT2D eigenvalue weighted by molar-refractivity contribution is -0.138. The van der Waals surface area contributed by atoms with E-state index in [2.05, 4.69) is 4.98 Å². The Kier molecular flexibility index (Phi) is 4.52. The van der Waals surface area contributed by atoms with Crippen molar-refractivity contribution in [2.24, 2.45) is 0 Å². The molecule has 1 aromatic heterocycles. The molecule has 0 unspecified atom stereocenters. The van der Waals surface area contributed by atoms with Gasteiger partial charge in [0, 0.05) is 6.20 Å². The first-order valence-electron chi connectivity index (χ1n) is 8.15. The van der Waals surface area contributed by atoms with Gasteiger partial charge in [-0.2, -0.15) is 13.2 Å². The first-order valence-corrected chi connectivity index (χ1v) is 8.15. The Labute approximate surface area is 150 Å². The third kappa shape index (κ3) is 3.57. The Morgan fingerprint density at radius 3 is 2.08 bits per heavy atom. The van der Waals surface area contributed by atoms with Gasteiger partial charge in [-0.05, 0) is 57.4 Å². The van der Waals surface area contributed by atoms with E-state index in [0.29, 0.717) is 0 Å². The van der Waals surface area contributed by atoms with Gasteiger partial charge < -0.3 is 14.0 Å². The van der Waals surface area contributed by atoms with Gasteiger partial charge in [-0.3, -0.25) is 0 Å². The Bertz CT molecular complexity index is 775. The van der Waals surface area contributed by atoms with E-state index in [0.717, 1.165) is 11.5 Å². The number of nitrogens with zero attached hydrogens (tertiary/aromatic N) is 1. The predicted molar refractivity (Wildman–Crippen MR) is 91.5 cm³/mol. The summed E-state index contributed by atoms with van der Waals surface area (Å²) in [5.74, 6) is -0.238. The minimum Gasteiger partial charge on any atom is -0.438 e. The molecule has 1 aliphatic rings. The summed E-state index contributed by atoms with van der Waals surface area (Å²) < 4.78 is 56.3. The van der Waals surface area contributed by atoms with E-state index in [1.54, 1.807) is 24.3 Å². The SMILES string of the molecule is CC1(C)OB(c2ccc(Oc3ncccc3C(F)(F)F)cc2)OC1(C)C. The molecule has 1 saturated heterocycles. The van der Waals surface area contributed by atoms with E-state index in [1.807, 2.05) is 27.7 Å². The van der Waals surface area contributed by atoms with E-state index in [9.17, 15) is 13.2 Å². The maximum atomic E-state index is 13.0. The molecular formula is C18H19BF3NO3. The van der Waals surface area contributed by atoms with Crippen molar-refractivity contribution in [3.05, 3.63) is 48.2 Å². The molecule has 0 atom stereocenters. The average Bonchev–Trinajstić information content (AvgIpc) is 2.75. The molecular weight excluding hydrogens is 346 g/mol. The zero-order chi connectivity index (χ0) is 19.2. The molecule has 8 heteroatoms. The highest BCUT2D eigenvalue weighted by atomic mass is 19.4. The smallest absolute Gasteiger partial charge is 0.438 e. The van der Waals surface area contributed by atoms with E-state index < -0.39 is 35.9 Å². The minimum absolute atomic E-state index is 0.245. The van der Waals surface area contributed by atoms with Crippen LogP contribution in [-0.4, -0.2) is 23.3 Å². The number of benzene rings is 1. The van der Waals surface area contributed by atoms with Crippen molar-refractivity contribution < 1.29 is 27.2 Å². The largest absolute Gasteiger partial charge is 0.494 e. The molecule has 0 aliphatic carbocycles. The van der Waals surface area contributed by atoms with Crippen molar-refractivity contribution in [2.45, 2.75) is 45.1 Å². The summed E-state index contributed by atoms with van der Waals surface area (Å²) in [6.45, 7) is 7.79. The number of pyridine rings is 1. The fourth-order valence-corrected chi connectivity index (χ4v) is 2.47. The van der Waals surface area contributed by atoms with Gasteiger partial charge in [0.15, 0.2) is 0 Å². The van der Waals surface area contributed by atoms with E-state index in [4.69, 9.17) is 14.0 Å². The van der Waals surface area contributed by atoms with Crippen LogP contribution in [0.1, 0.15) is 33.3 Å². The number of hydrogen-bond donors (Lipinski definition) is 0. The van der Waals surface area contributed by atoms with Crippen molar-refractivity contribution in [1.82, 2.24) is 4.98 Å². The van der Waals surface area contributed by atoms with Crippen LogP contribution >= 0.6 is 0 Å². The summed E-state index contributed by atoms with van der Waals surface area (Å²) in [6, 6.07) is 8.68. The molecule has 138 valence electrons. The van der Waals surface area contributed by atoms with Gasteiger partial charge in [0.05, 0.1) is 11.2 Å². The molecule has 0 bridgehead atoms. The van der Waals surface area contributed by atoms with Crippen molar-refractivity contribution in [2.75, 3.05) is 0 Å². The quantitative estimate of drug-likeness (QED) is 0.765. The number of alkyl halides is 3. The lowest BCUT2D eigenvalue weighted by atomic mass is 9.79. The number of rotatable bonds is 3. The fourth-order valence-electron chi connectivity index (χ4n) is 2.47. The zero-order valence-corrected chi connectivity index (χ0v) is 14.9. The van der Waals surface area contributed by atoms with Gasteiger partial charge in [0.2, 0.25) is 5.88 Å². The van der Waals surface area contributed by atoms with Gasteiger partial charge in [-0.25, -0.2) is 4.98 Å². The maximum absolute atomic E-state index is 13.0. The second-order valence-electron chi connectivity index (χ2n) is 7.11. The Balaban J connectivity index is 1.78. The lowest BCUT2D eigenvalue weighted by Crippen LogP contribution is -2.41. The third-order valence-corrected chi connectivity index (χ3v) is 4.70. The van der Waals surface area contributed by atoms with Crippen LogP contribution in [0.15, 0.2) is 42.6 Å². The third-order valence-electron chi connectivity index (χ3n) is 4.70. The van der Waals surface area contributed by atoms with Crippen molar-refractivity contribution in [3.63, 3.8) is 0 Å². The summed E-state index contributed by atoms with van der Waals surface area (Å²) in [6.07, 6.45) is -3.28. The van der Waals surface area contributed by atoms with Crippen LogP contribution in [0.25, 0.3) is 0 Å². The number of aromatic nitrogens is 1. The molecule has 0 N–H and O–H groups in total. The molecule has 2 heterocycles. The molecule has 4 nitrogen and oxygen atoms in total. The summed E-state index contributed by atoms with van der Waals surface area (Å²) in [4.78, 5) is 3.69. The van der Waals surface area contributed by atoms with Crippen LogP contribution in [0.5, 0.6) is 11.6 Å². The monoisotopic (exact) mass is 365 g/mol. The Morgan fingerprint density at radius 1 is 0.962 bits per heavy atom. The summed E-state index contributed by atoms with van der Waals surface area (Å²) >= 11 is 0. The van der Waals surface area contributed by atoms with Crippen molar-refractivity contribution in [3.8, 4) is 11.6 Å². The highest BCUT2D eigenvalue weighted by Crippen LogP contribution is 2.38. The molecule has 0 radical (unpaired) electrons. The van der Waals surface area contributed by atoms with Crippen LogP contribution < -0.4 is 10.2 Å². The average molecular weight is 365 g/mol. The highest BCUT2D eigenvalue weighted by molar-refractivity contribution is 6.62. The topological polar surface area (TPSA) is 40.6 Å². The summed E-state index contributed by atoms with van der Waals surface area (Å²) in [7, 11) is -0.547. The Hall–Kier alpha value is -2.06. The van der Waals surface area contributed by atoms with Crippen molar-refractivity contribution in [1.29, 1.82) is 0 Å². The van der Waals surface area contributed by atoms with Crippen molar-refractivity contribution >= 4 is 12.6 Å². The van der Waals surface area contributed by atoms with Crippen LogP contribution in [-0.2, 0) is 15.5 Å². The molecule has 0 amide bonds.